The van der Waals surface area contributed by atoms with E-state index in [1.165, 1.54) is 4.72 Å². The maximum Gasteiger partial charge on any atom is 0.218 e. The number of ether oxygens (including phenoxy) is 1. The Morgan fingerprint density at radius 3 is 2.15 bits per heavy atom. The Balaban J connectivity index is 3.09. The van der Waals surface area contributed by atoms with Crippen LogP contribution in [0.25, 0.3) is 0 Å². The van der Waals surface area contributed by atoms with Crippen LogP contribution in [0.15, 0.2) is 0 Å². The fourth-order valence-corrected chi connectivity index (χ4v) is 2.72. The molecule has 20 heavy (non-hydrogen) atoms. The van der Waals surface area contributed by atoms with Crippen LogP contribution in [0.5, 0.6) is 0 Å². The van der Waals surface area contributed by atoms with Crippen molar-refractivity contribution in [2.45, 2.75) is 30.6 Å². The molecule has 1 heterocycles. The summed E-state index contributed by atoms with van der Waals surface area (Å²) in [7, 11) is -10.6. The van der Waals surface area contributed by atoms with Crippen LogP contribution in [-0.2, 0) is 29.6 Å². The van der Waals surface area contributed by atoms with Crippen molar-refractivity contribution in [1.29, 1.82) is 0 Å². The quantitative estimate of drug-likeness (QED) is 0.277. The van der Waals surface area contributed by atoms with Crippen LogP contribution in [0.4, 0.5) is 0 Å². The Bertz CT molecular complexity index is 529. The first-order valence-corrected chi connectivity index (χ1v) is 7.68. The van der Waals surface area contributed by atoms with Crippen LogP contribution in [-0.4, -0.2) is 78.5 Å². The van der Waals surface area contributed by atoms with Gasteiger partial charge in [0.15, 0.2) is 16.6 Å². The highest BCUT2D eigenvalue weighted by molar-refractivity contribution is 7.83. The maximum absolute atomic E-state index is 10.6. The average molecular weight is 337 g/mol. The van der Waals surface area contributed by atoms with Gasteiger partial charge >= 0.3 is 0 Å². The summed E-state index contributed by atoms with van der Waals surface area (Å²) in [5, 5.41) is 27.9. The van der Waals surface area contributed by atoms with Crippen molar-refractivity contribution in [2.75, 3.05) is 6.61 Å². The summed E-state index contributed by atoms with van der Waals surface area (Å²) in [5.74, 6) is 0. The number of hydrogen-bond donors (Lipinski definition) is 4. The predicted octanol–water partition coefficient (Wildman–Crippen LogP) is -4.68. The van der Waals surface area contributed by atoms with Crippen molar-refractivity contribution in [1.82, 2.24) is 4.72 Å². The van der Waals surface area contributed by atoms with Gasteiger partial charge in [-0.1, -0.05) is 0 Å². The molecule has 0 aliphatic carbocycles. The predicted molar refractivity (Wildman–Crippen MR) is 55.2 cm³/mol. The molecule has 1 fully saturated rings. The molecule has 0 spiro atoms. The zero-order valence-corrected chi connectivity index (χ0v) is 11.2. The summed E-state index contributed by atoms with van der Waals surface area (Å²) >= 11 is 0. The number of nitrogens with one attached hydrogen (secondary N) is 1. The second-order valence-corrected chi connectivity index (χ2v) is 5.96. The second-order valence-electron chi connectivity index (χ2n) is 3.81. The zero-order chi connectivity index (χ0) is 15.7. The van der Waals surface area contributed by atoms with Gasteiger partial charge in [0, 0.05) is 0 Å². The van der Waals surface area contributed by atoms with Crippen LogP contribution in [0, 0.1) is 0 Å². The first kappa shape index (κ1) is 17.6. The second kappa shape index (κ2) is 6.14. The number of hydrogen-bond acceptors (Lipinski definition) is 11. The van der Waals surface area contributed by atoms with Crippen LogP contribution >= 0.6 is 0 Å². The molecule has 1 rings (SSSR count). The van der Waals surface area contributed by atoms with E-state index < -0.39 is 58.0 Å². The van der Waals surface area contributed by atoms with E-state index in [-0.39, 0.29) is 0 Å². The van der Waals surface area contributed by atoms with Gasteiger partial charge in [-0.2, -0.15) is 0 Å². The SMILES string of the molecule is O=S(=O)([O-])N[C@@H]1[C@@H](OS(=O)(=O)[O-])[C@H](O)[C@@H](CO)O[C@H]1O. The molecule has 0 amide bonds. The van der Waals surface area contributed by atoms with Crippen molar-refractivity contribution in [3.05, 3.63) is 0 Å². The molecule has 0 saturated carbocycles. The van der Waals surface area contributed by atoms with Crippen molar-refractivity contribution in [3.8, 4) is 0 Å². The molecule has 0 radical (unpaired) electrons. The fraction of sp³-hybridized carbons (Fsp3) is 1.00. The van der Waals surface area contributed by atoms with Gasteiger partial charge in [-0.3, -0.25) is 4.18 Å². The minimum absolute atomic E-state index is 0.895. The lowest BCUT2D eigenvalue weighted by atomic mass is 9.98. The summed E-state index contributed by atoms with van der Waals surface area (Å²) in [6.45, 7) is -0.895. The van der Waals surface area contributed by atoms with E-state index in [2.05, 4.69) is 8.92 Å². The molecule has 0 aromatic heterocycles. The van der Waals surface area contributed by atoms with Crippen LogP contribution < -0.4 is 4.72 Å². The minimum atomic E-state index is -5.40. The first-order chi connectivity index (χ1) is 8.94. The molecular weight excluding hydrogens is 326 g/mol. The van der Waals surface area contributed by atoms with Gasteiger partial charge in [0.1, 0.15) is 24.4 Å². The van der Waals surface area contributed by atoms with E-state index >= 15 is 0 Å². The standard InChI is InChI=1S/C6H13NO11S2/c8-1-2-4(9)5(18-20(14,15)16)3(6(10)17-2)7-19(11,12)13/h2-10H,1H2,(H,11,12,13)(H,14,15,16)/p-2/t2-,3-,4-,5-,6-/m1/s1. The van der Waals surface area contributed by atoms with Gasteiger partial charge in [-0.05, 0) is 0 Å². The smallest absolute Gasteiger partial charge is 0.218 e. The molecule has 4 N–H and O–H groups in total. The lowest BCUT2D eigenvalue weighted by Crippen LogP contribution is -2.65. The summed E-state index contributed by atoms with van der Waals surface area (Å²) < 4.78 is 73.0. The summed E-state index contributed by atoms with van der Waals surface area (Å²) in [4.78, 5) is 0. The van der Waals surface area contributed by atoms with Crippen molar-refractivity contribution in [2.24, 2.45) is 0 Å². The molecule has 14 heteroatoms. The van der Waals surface area contributed by atoms with Gasteiger partial charge in [0.2, 0.25) is 10.4 Å². The summed E-state index contributed by atoms with van der Waals surface area (Å²) in [6, 6.07) is -2.06. The van der Waals surface area contributed by atoms with Crippen LogP contribution in [0.2, 0.25) is 0 Å². The maximum atomic E-state index is 10.6. The average Bonchev–Trinajstić information content (AvgIpc) is 2.25. The highest BCUT2D eigenvalue weighted by Gasteiger charge is 2.47. The monoisotopic (exact) mass is 337 g/mol. The van der Waals surface area contributed by atoms with Crippen molar-refractivity contribution in [3.63, 3.8) is 0 Å². The molecule has 12 nitrogen and oxygen atoms in total. The Hall–Kier alpha value is -0.420. The molecule has 1 saturated heterocycles. The third-order valence-corrected chi connectivity index (χ3v) is 3.40. The highest BCUT2D eigenvalue weighted by atomic mass is 32.3. The van der Waals surface area contributed by atoms with Crippen molar-refractivity contribution >= 4 is 20.7 Å². The first-order valence-electron chi connectivity index (χ1n) is 4.94. The van der Waals surface area contributed by atoms with E-state index in [9.17, 15) is 36.2 Å². The van der Waals surface area contributed by atoms with E-state index in [1.54, 1.807) is 0 Å². The van der Waals surface area contributed by atoms with E-state index in [0.717, 1.165) is 0 Å². The normalized spacial score (nSPS) is 36.0. The third-order valence-electron chi connectivity index (χ3n) is 2.38. The molecule has 5 atom stereocenters. The molecular formula is C6H11NO11S2-2. The van der Waals surface area contributed by atoms with Crippen LogP contribution in [0.3, 0.4) is 0 Å². The molecule has 120 valence electrons. The molecule has 1 aliphatic rings. The van der Waals surface area contributed by atoms with Gasteiger partial charge in [-0.15, -0.1) is 0 Å². The topological polar surface area (TPSA) is 206 Å². The van der Waals surface area contributed by atoms with E-state index in [0.29, 0.717) is 0 Å². The molecule has 1 aliphatic heterocycles. The molecule has 0 aromatic rings. The van der Waals surface area contributed by atoms with Gasteiger partial charge in [-0.25, -0.2) is 21.6 Å². The summed E-state index contributed by atoms with van der Waals surface area (Å²) in [5.41, 5.74) is 0. The lowest BCUT2D eigenvalue weighted by molar-refractivity contribution is -0.247. The van der Waals surface area contributed by atoms with Gasteiger partial charge in [0.05, 0.1) is 6.61 Å². The zero-order valence-electron chi connectivity index (χ0n) is 9.52. The largest absolute Gasteiger partial charge is 0.735 e. The molecule has 0 unspecified atom stereocenters. The molecule has 0 bridgehead atoms. The summed E-state index contributed by atoms with van der Waals surface area (Å²) in [6.07, 6.45) is -7.83. The highest BCUT2D eigenvalue weighted by Crippen LogP contribution is 2.23. The van der Waals surface area contributed by atoms with Crippen LogP contribution in [0.1, 0.15) is 0 Å². The Labute approximate surface area is 113 Å². The Morgan fingerprint density at radius 2 is 1.75 bits per heavy atom. The Morgan fingerprint density at radius 1 is 1.20 bits per heavy atom. The third kappa shape index (κ3) is 4.85. The van der Waals surface area contributed by atoms with E-state index in [1.807, 2.05) is 0 Å². The van der Waals surface area contributed by atoms with Gasteiger partial charge in [0.25, 0.3) is 0 Å². The number of rotatable bonds is 5. The van der Waals surface area contributed by atoms with E-state index in [4.69, 9.17) is 5.11 Å². The minimum Gasteiger partial charge on any atom is -0.735 e. The fourth-order valence-electron chi connectivity index (χ4n) is 1.63. The Kier molecular flexibility index (Phi) is 5.41. The molecule has 0 aromatic carbocycles. The van der Waals surface area contributed by atoms with Crippen molar-refractivity contribution < 1.29 is 50.2 Å². The van der Waals surface area contributed by atoms with Gasteiger partial charge < -0.3 is 29.2 Å². The number of aliphatic hydroxyl groups is 3. The lowest BCUT2D eigenvalue weighted by Gasteiger charge is -2.42. The number of aliphatic hydroxyl groups excluding tert-OH is 3.